The third-order valence-electron chi connectivity index (χ3n) is 2.65. The van der Waals surface area contributed by atoms with E-state index in [2.05, 4.69) is 10.5 Å². The topological polar surface area (TPSA) is 69.2 Å². The Hall–Kier alpha value is -2.24. The summed E-state index contributed by atoms with van der Waals surface area (Å²) >= 11 is 0. The zero-order valence-corrected chi connectivity index (χ0v) is 12.4. The molecule has 0 heterocycles. The molecule has 0 aliphatic rings. The fraction of sp³-hybridized carbons (Fsp3) is 0.429. The van der Waals surface area contributed by atoms with E-state index in [9.17, 15) is 4.79 Å². The van der Waals surface area contributed by atoms with Crippen LogP contribution in [0.3, 0.4) is 0 Å². The lowest BCUT2D eigenvalue weighted by Crippen LogP contribution is -2.22. The number of nitrogens with zero attached hydrogens (tertiary/aromatic N) is 1. The molecule has 110 valence electrons. The number of hydrogen-bond donors (Lipinski definition) is 1. The highest BCUT2D eigenvalue weighted by atomic mass is 16.5. The highest BCUT2D eigenvalue weighted by molar-refractivity contribution is 5.89. The van der Waals surface area contributed by atoms with Gasteiger partial charge in [-0.2, -0.15) is 5.10 Å². The Kier molecular flexibility index (Phi) is 5.83. The van der Waals surface area contributed by atoms with Crippen LogP contribution in [0, 0.1) is 5.92 Å². The van der Waals surface area contributed by atoms with E-state index < -0.39 is 0 Å². The Morgan fingerprint density at radius 1 is 1.15 bits per heavy atom. The minimum absolute atomic E-state index is 0.133. The quantitative estimate of drug-likeness (QED) is 0.637. The molecule has 0 aliphatic heterocycles. The monoisotopic (exact) mass is 280 g/mol. The molecule has 0 radical (unpaired) electrons. The highest BCUT2D eigenvalue weighted by Crippen LogP contribution is 2.32. The molecule has 0 fully saturated rings. The summed E-state index contributed by atoms with van der Waals surface area (Å²) in [5.41, 5.74) is 3.07. The summed E-state index contributed by atoms with van der Waals surface area (Å²) in [5.74, 6) is 1.41. The summed E-state index contributed by atoms with van der Waals surface area (Å²) in [4.78, 5) is 11.4. The number of nitrogens with one attached hydrogen (secondary N) is 1. The third kappa shape index (κ3) is 3.88. The number of hydrogen-bond acceptors (Lipinski definition) is 5. The second-order valence-electron chi connectivity index (χ2n) is 4.33. The van der Waals surface area contributed by atoms with Crippen molar-refractivity contribution >= 4 is 12.1 Å². The van der Waals surface area contributed by atoms with Crippen LogP contribution in [-0.4, -0.2) is 33.5 Å². The molecule has 1 amide bonds. The van der Waals surface area contributed by atoms with Crippen molar-refractivity contribution in [2.24, 2.45) is 11.0 Å². The SMILES string of the molecule is COc1cc(OC)c(/C=N/NC(=O)C(C)C)c(OC)c1. The van der Waals surface area contributed by atoms with Crippen molar-refractivity contribution < 1.29 is 19.0 Å². The van der Waals surface area contributed by atoms with E-state index in [1.165, 1.54) is 20.4 Å². The average molecular weight is 280 g/mol. The molecule has 6 nitrogen and oxygen atoms in total. The van der Waals surface area contributed by atoms with Crippen molar-refractivity contribution in [3.05, 3.63) is 17.7 Å². The molecule has 1 aromatic rings. The minimum Gasteiger partial charge on any atom is -0.496 e. The first-order valence-electron chi connectivity index (χ1n) is 6.16. The predicted octanol–water partition coefficient (Wildman–Crippen LogP) is 1.82. The molecule has 0 unspecified atom stereocenters. The third-order valence-corrected chi connectivity index (χ3v) is 2.65. The predicted molar refractivity (Wildman–Crippen MR) is 76.7 cm³/mol. The molecule has 0 bridgehead atoms. The molecule has 0 aliphatic carbocycles. The van der Waals surface area contributed by atoms with Crippen LogP contribution < -0.4 is 19.6 Å². The summed E-state index contributed by atoms with van der Waals surface area (Å²) < 4.78 is 15.7. The molecule has 1 N–H and O–H groups in total. The second-order valence-corrected chi connectivity index (χ2v) is 4.33. The van der Waals surface area contributed by atoms with Gasteiger partial charge in [0.05, 0.1) is 33.1 Å². The van der Waals surface area contributed by atoms with Gasteiger partial charge in [0.2, 0.25) is 5.91 Å². The van der Waals surface area contributed by atoms with Crippen LogP contribution in [0.15, 0.2) is 17.2 Å². The van der Waals surface area contributed by atoms with E-state index >= 15 is 0 Å². The van der Waals surface area contributed by atoms with Crippen molar-refractivity contribution in [1.29, 1.82) is 0 Å². The van der Waals surface area contributed by atoms with Gasteiger partial charge in [0.15, 0.2) is 0 Å². The van der Waals surface area contributed by atoms with E-state index in [4.69, 9.17) is 14.2 Å². The summed E-state index contributed by atoms with van der Waals surface area (Å²) in [6.45, 7) is 3.58. The largest absolute Gasteiger partial charge is 0.496 e. The number of carbonyl (C=O) groups is 1. The zero-order valence-electron chi connectivity index (χ0n) is 12.4. The van der Waals surface area contributed by atoms with Crippen LogP contribution in [0.1, 0.15) is 19.4 Å². The van der Waals surface area contributed by atoms with E-state index in [0.717, 1.165) is 0 Å². The van der Waals surface area contributed by atoms with E-state index in [-0.39, 0.29) is 11.8 Å². The summed E-state index contributed by atoms with van der Waals surface area (Å²) in [6, 6.07) is 3.43. The molecule has 20 heavy (non-hydrogen) atoms. The molecule has 0 saturated heterocycles. The fourth-order valence-corrected chi connectivity index (χ4v) is 1.45. The molecule has 1 aromatic carbocycles. The molecule has 0 spiro atoms. The van der Waals surface area contributed by atoms with Crippen molar-refractivity contribution in [1.82, 2.24) is 5.43 Å². The lowest BCUT2D eigenvalue weighted by atomic mass is 10.2. The number of methoxy groups -OCH3 is 3. The van der Waals surface area contributed by atoms with Gasteiger partial charge in [-0.05, 0) is 0 Å². The highest BCUT2D eigenvalue weighted by Gasteiger charge is 2.12. The van der Waals surface area contributed by atoms with Gasteiger partial charge in [0.1, 0.15) is 17.2 Å². The van der Waals surface area contributed by atoms with Gasteiger partial charge in [-0.3, -0.25) is 4.79 Å². The maximum Gasteiger partial charge on any atom is 0.242 e. The van der Waals surface area contributed by atoms with Crippen LogP contribution in [0.25, 0.3) is 0 Å². The summed E-state index contributed by atoms with van der Waals surface area (Å²) in [5, 5.41) is 3.91. The van der Waals surface area contributed by atoms with Crippen LogP contribution in [0.4, 0.5) is 0 Å². The molecular formula is C14H20N2O4. The Bertz CT molecular complexity index is 473. The normalized spacial score (nSPS) is 10.7. The second kappa shape index (κ2) is 7.37. The van der Waals surface area contributed by atoms with Crippen molar-refractivity contribution in [3.8, 4) is 17.2 Å². The van der Waals surface area contributed by atoms with Gasteiger partial charge in [0, 0.05) is 18.1 Å². The molecule has 0 atom stereocenters. The van der Waals surface area contributed by atoms with E-state index in [1.807, 2.05) is 0 Å². The summed E-state index contributed by atoms with van der Waals surface area (Å²) in [6.07, 6.45) is 1.48. The Morgan fingerprint density at radius 2 is 1.70 bits per heavy atom. The van der Waals surface area contributed by atoms with Crippen molar-refractivity contribution in [2.45, 2.75) is 13.8 Å². The summed E-state index contributed by atoms with van der Waals surface area (Å²) in [7, 11) is 4.64. The Balaban J connectivity index is 3.03. The number of amides is 1. The Morgan fingerprint density at radius 3 is 2.10 bits per heavy atom. The Labute approximate surface area is 118 Å². The van der Waals surface area contributed by atoms with Crippen molar-refractivity contribution in [2.75, 3.05) is 21.3 Å². The molecule has 6 heteroatoms. The first-order valence-corrected chi connectivity index (χ1v) is 6.16. The van der Waals surface area contributed by atoms with E-state index in [1.54, 1.807) is 33.1 Å². The number of rotatable bonds is 6. The van der Waals surface area contributed by atoms with Crippen LogP contribution in [-0.2, 0) is 4.79 Å². The first-order chi connectivity index (χ1) is 9.53. The van der Waals surface area contributed by atoms with Crippen LogP contribution >= 0.6 is 0 Å². The van der Waals surface area contributed by atoms with Gasteiger partial charge >= 0.3 is 0 Å². The number of benzene rings is 1. The first kappa shape index (κ1) is 15.8. The molecular weight excluding hydrogens is 260 g/mol. The molecule has 0 aromatic heterocycles. The van der Waals surface area contributed by atoms with Crippen LogP contribution in [0.5, 0.6) is 17.2 Å². The number of carbonyl (C=O) groups excluding carboxylic acids is 1. The van der Waals surface area contributed by atoms with Gasteiger partial charge in [-0.1, -0.05) is 13.8 Å². The van der Waals surface area contributed by atoms with Gasteiger partial charge in [0.25, 0.3) is 0 Å². The fourth-order valence-electron chi connectivity index (χ4n) is 1.45. The van der Waals surface area contributed by atoms with Gasteiger partial charge < -0.3 is 14.2 Å². The lowest BCUT2D eigenvalue weighted by molar-refractivity contribution is -0.123. The van der Waals surface area contributed by atoms with Gasteiger partial charge in [-0.25, -0.2) is 5.43 Å². The van der Waals surface area contributed by atoms with Crippen LogP contribution in [0.2, 0.25) is 0 Å². The molecule has 1 rings (SSSR count). The minimum atomic E-state index is -0.160. The standard InChI is InChI=1S/C14H20N2O4/c1-9(2)14(17)16-15-8-11-12(19-4)6-10(18-3)7-13(11)20-5/h6-9H,1-5H3,(H,16,17)/b15-8+. The number of ether oxygens (including phenoxy) is 3. The molecule has 0 saturated carbocycles. The maximum absolute atomic E-state index is 11.4. The maximum atomic E-state index is 11.4. The smallest absolute Gasteiger partial charge is 0.242 e. The van der Waals surface area contributed by atoms with Crippen molar-refractivity contribution in [3.63, 3.8) is 0 Å². The number of hydrazone groups is 1. The van der Waals surface area contributed by atoms with Gasteiger partial charge in [-0.15, -0.1) is 0 Å². The zero-order chi connectivity index (χ0) is 15.1. The lowest BCUT2D eigenvalue weighted by Gasteiger charge is -2.12. The average Bonchev–Trinajstić information content (AvgIpc) is 2.46. The van der Waals surface area contributed by atoms with E-state index in [0.29, 0.717) is 22.8 Å².